The molecule has 0 spiro atoms. The molecular formula is C10H11BrO2. The summed E-state index contributed by atoms with van der Waals surface area (Å²) in [6.45, 7) is 0.362. The van der Waals surface area contributed by atoms with E-state index in [4.69, 9.17) is 9.47 Å². The molecule has 1 aromatic rings. The van der Waals surface area contributed by atoms with Crippen molar-refractivity contribution in [2.75, 3.05) is 6.79 Å². The Balaban J connectivity index is 1.79. The van der Waals surface area contributed by atoms with Gasteiger partial charge in [-0.1, -0.05) is 22.0 Å². The fourth-order valence-electron chi connectivity index (χ4n) is 0.990. The van der Waals surface area contributed by atoms with Crippen molar-refractivity contribution < 1.29 is 9.47 Å². The van der Waals surface area contributed by atoms with E-state index in [-0.39, 0.29) is 0 Å². The minimum Gasteiger partial charge on any atom is -0.468 e. The first kappa shape index (κ1) is 9.03. The number of benzene rings is 1. The van der Waals surface area contributed by atoms with Gasteiger partial charge >= 0.3 is 0 Å². The van der Waals surface area contributed by atoms with Gasteiger partial charge < -0.3 is 9.47 Å². The first-order chi connectivity index (χ1) is 6.34. The first-order valence-corrected chi connectivity index (χ1v) is 5.14. The van der Waals surface area contributed by atoms with Crippen LogP contribution in [0.3, 0.4) is 0 Å². The fourth-order valence-corrected chi connectivity index (χ4v) is 1.37. The number of rotatable bonds is 4. The molecule has 70 valence electrons. The van der Waals surface area contributed by atoms with Gasteiger partial charge in [-0.05, 0) is 31.0 Å². The van der Waals surface area contributed by atoms with E-state index in [2.05, 4.69) is 15.9 Å². The maximum absolute atomic E-state index is 5.39. The molecule has 0 N–H and O–H groups in total. The third kappa shape index (κ3) is 3.01. The quantitative estimate of drug-likeness (QED) is 0.757. The molecule has 0 amide bonds. The summed E-state index contributed by atoms with van der Waals surface area (Å²) >= 11 is 3.37. The molecule has 0 aromatic heterocycles. The second kappa shape index (κ2) is 4.11. The van der Waals surface area contributed by atoms with Crippen molar-refractivity contribution in [1.82, 2.24) is 0 Å². The van der Waals surface area contributed by atoms with Crippen LogP contribution in [0.5, 0.6) is 5.75 Å². The van der Waals surface area contributed by atoms with E-state index in [1.54, 1.807) is 0 Å². The van der Waals surface area contributed by atoms with Gasteiger partial charge in [-0.25, -0.2) is 0 Å². The molecule has 1 aliphatic carbocycles. The zero-order valence-electron chi connectivity index (χ0n) is 7.20. The third-order valence-corrected chi connectivity index (χ3v) is 2.34. The molecule has 0 bridgehead atoms. The van der Waals surface area contributed by atoms with Gasteiger partial charge in [-0.2, -0.15) is 0 Å². The Labute approximate surface area is 86.0 Å². The van der Waals surface area contributed by atoms with Crippen molar-refractivity contribution in [3.05, 3.63) is 28.7 Å². The van der Waals surface area contributed by atoms with Gasteiger partial charge in [0.1, 0.15) is 5.75 Å². The van der Waals surface area contributed by atoms with Gasteiger partial charge in [-0.3, -0.25) is 0 Å². The number of halogens is 1. The predicted molar refractivity (Wildman–Crippen MR) is 53.7 cm³/mol. The van der Waals surface area contributed by atoms with Gasteiger partial charge in [0.25, 0.3) is 0 Å². The summed E-state index contributed by atoms with van der Waals surface area (Å²) in [6, 6.07) is 7.75. The Morgan fingerprint density at radius 1 is 1.38 bits per heavy atom. The Morgan fingerprint density at radius 2 is 2.23 bits per heavy atom. The number of ether oxygens (including phenoxy) is 2. The van der Waals surface area contributed by atoms with E-state index in [0.29, 0.717) is 12.9 Å². The molecule has 0 saturated heterocycles. The minimum absolute atomic E-state index is 0.362. The van der Waals surface area contributed by atoms with E-state index in [0.717, 1.165) is 10.2 Å². The molecule has 1 saturated carbocycles. The van der Waals surface area contributed by atoms with Gasteiger partial charge in [0.15, 0.2) is 6.79 Å². The summed E-state index contributed by atoms with van der Waals surface area (Å²) in [5.74, 6) is 0.843. The zero-order valence-corrected chi connectivity index (χ0v) is 8.79. The Hall–Kier alpha value is -0.540. The lowest BCUT2D eigenvalue weighted by molar-refractivity contribution is 0.00478. The minimum atomic E-state index is 0.362. The van der Waals surface area contributed by atoms with Crippen molar-refractivity contribution in [3.8, 4) is 5.75 Å². The maximum Gasteiger partial charge on any atom is 0.189 e. The van der Waals surface area contributed by atoms with E-state index < -0.39 is 0 Å². The molecule has 3 heteroatoms. The highest BCUT2D eigenvalue weighted by molar-refractivity contribution is 9.10. The summed E-state index contributed by atoms with van der Waals surface area (Å²) in [4.78, 5) is 0. The van der Waals surface area contributed by atoms with Crippen LogP contribution in [0.15, 0.2) is 28.7 Å². The first-order valence-electron chi connectivity index (χ1n) is 4.34. The molecule has 13 heavy (non-hydrogen) atoms. The standard InChI is InChI=1S/C10H11BrO2/c11-8-2-1-3-10(6-8)13-7-12-9-4-5-9/h1-3,6,9H,4-5,7H2. The van der Waals surface area contributed by atoms with Crippen molar-refractivity contribution in [3.63, 3.8) is 0 Å². The van der Waals surface area contributed by atoms with Gasteiger partial charge in [0, 0.05) is 4.47 Å². The van der Waals surface area contributed by atoms with Crippen molar-refractivity contribution in [1.29, 1.82) is 0 Å². The summed E-state index contributed by atoms with van der Waals surface area (Å²) in [5, 5.41) is 0. The Morgan fingerprint density at radius 3 is 2.92 bits per heavy atom. The van der Waals surface area contributed by atoms with Crippen molar-refractivity contribution >= 4 is 15.9 Å². The fraction of sp³-hybridized carbons (Fsp3) is 0.400. The van der Waals surface area contributed by atoms with Gasteiger partial charge in [0.05, 0.1) is 6.10 Å². The molecule has 0 unspecified atom stereocenters. The van der Waals surface area contributed by atoms with Crippen LogP contribution in [0.2, 0.25) is 0 Å². The molecule has 2 nitrogen and oxygen atoms in total. The lowest BCUT2D eigenvalue weighted by Gasteiger charge is -2.05. The largest absolute Gasteiger partial charge is 0.468 e. The Bertz CT molecular complexity index is 284. The Kier molecular flexibility index (Phi) is 2.86. The van der Waals surface area contributed by atoms with E-state index in [1.807, 2.05) is 24.3 Å². The predicted octanol–water partition coefficient (Wildman–Crippen LogP) is 2.96. The number of hydrogen-bond donors (Lipinski definition) is 0. The molecule has 2 rings (SSSR count). The molecule has 0 atom stereocenters. The SMILES string of the molecule is Brc1cccc(OCOC2CC2)c1. The average Bonchev–Trinajstić information content (AvgIpc) is 2.88. The van der Waals surface area contributed by atoms with Crippen molar-refractivity contribution in [2.24, 2.45) is 0 Å². The average molecular weight is 243 g/mol. The molecule has 0 radical (unpaired) electrons. The molecule has 0 heterocycles. The second-order valence-electron chi connectivity index (χ2n) is 3.09. The summed E-state index contributed by atoms with van der Waals surface area (Å²) in [5.41, 5.74) is 0. The lowest BCUT2D eigenvalue weighted by Crippen LogP contribution is -2.03. The molecule has 1 aromatic carbocycles. The van der Waals surface area contributed by atoms with Gasteiger partial charge in [0.2, 0.25) is 0 Å². The summed E-state index contributed by atoms with van der Waals surface area (Å²) < 4.78 is 11.8. The highest BCUT2D eigenvalue weighted by atomic mass is 79.9. The van der Waals surface area contributed by atoms with E-state index in [1.165, 1.54) is 12.8 Å². The third-order valence-electron chi connectivity index (χ3n) is 1.85. The van der Waals surface area contributed by atoms with Crippen LogP contribution in [0, 0.1) is 0 Å². The zero-order chi connectivity index (χ0) is 9.10. The van der Waals surface area contributed by atoms with Crippen LogP contribution < -0.4 is 4.74 Å². The highest BCUT2D eigenvalue weighted by Gasteiger charge is 2.21. The van der Waals surface area contributed by atoms with Crippen LogP contribution >= 0.6 is 15.9 Å². The topological polar surface area (TPSA) is 18.5 Å². The van der Waals surface area contributed by atoms with Crippen molar-refractivity contribution in [2.45, 2.75) is 18.9 Å². The van der Waals surface area contributed by atoms with Crippen LogP contribution in [0.4, 0.5) is 0 Å². The van der Waals surface area contributed by atoms with Crippen LogP contribution in [0.1, 0.15) is 12.8 Å². The monoisotopic (exact) mass is 242 g/mol. The van der Waals surface area contributed by atoms with Gasteiger partial charge in [-0.15, -0.1) is 0 Å². The van der Waals surface area contributed by atoms with E-state index in [9.17, 15) is 0 Å². The summed E-state index contributed by atoms with van der Waals surface area (Å²) in [7, 11) is 0. The molecular weight excluding hydrogens is 232 g/mol. The molecule has 1 fully saturated rings. The summed E-state index contributed by atoms with van der Waals surface area (Å²) in [6.07, 6.45) is 2.82. The smallest absolute Gasteiger partial charge is 0.189 e. The molecule has 0 aliphatic heterocycles. The van der Waals surface area contributed by atoms with E-state index >= 15 is 0 Å². The van der Waals surface area contributed by atoms with Crippen LogP contribution in [-0.4, -0.2) is 12.9 Å². The van der Waals surface area contributed by atoms with Crippen LogP contribution in [-0.2, 0) is 4.74 Å². The maximum atomic E-state index is 5.39. The lowest BCUT2D eigenvalue weighted by atomic mass is 10.3. The molecule has 1 aliphatic rings. The van der Waals surface area contributed by atoms with Crippen LogP contribution in [0.25, 0.3) is 0 Å². The number of hydrogen-bond acceptors (Lipinski definition) is 2. The highest BCUT2D eigenvalue weighted by Crippen LogP contribution is 2.24. The second-order valence-corrected chi connectivity index (χ2v) is 4.00. The normalized spacial score (nSPS) is 15.8.